The number of fused-ring (bicyclic) bond motifs is 1. The molecule has 1 aromatic carbocycles. The summed E-state index contributed by atoms with van der Waals surface area (Å²) in [5, 5.41) is 0. The first-order valence-corrected chi connectivity index (χ1v) is 9.19. The van der Waals surface area contributed by atoms with Crippen molar-refractivity contribution in [3.63, 3.8) is 0 Å². The monoisotopic (exact) mass is 338 g/mol. The Balaban J connectivity index is 2.56. The normalized spacial score (nSPS) is 26.4. The Kier molecular flexibility index (Phi) is 3.58. The number of rotatable bonds is 2. The molecule has 0 aliphatic carbocycles. The molecule has 1 aromatic rings. The van der Waals surface area contributed by atoms with E-state index in [1.54, 1.807) is 25.1 Å². The molecule has 0 N–H and O–H groups in total. The Bertz CT molecular complexity index is 507. The topological polar surface area (TPSA) is 0 Å². The van der Waals surface area contributed by atoms with Crippen LogP contribution >= 0.6 is 23.3 Å². The van der Waals surface area contributed by atoms with Crippen LogP contribution in [-0.4, -0.2) is 5.51 Å². The number of alkyl halides is 3. The van der Waals surface area contributed by atoms with Crippen LogP contribution in [0.5, 0.6) is 0 Å². The minimum absolute atomic E-state index is 0.374. The van der Waals surface area contributed by atoms with Gasteiger partial charge < -0.3 is 0 Å². The molecule has 1 heterocycles. The van der Waals surface area contributed by atoms with E-state index in [9.17, 15) is 13.2 Å². The van der Waals surface area contributed by atoms with Crippen LogP contribution in [-0.2, 0) is 6.42 Å². The van der Waals surface area contributed by atoms with Gasteiger partial charge in [0.15, 0.2) is 0 Å². The highest BCUT2D eigenvalue weighted by Crippen LogP contribution is 2.80. The molecule has 0 nitrogen and oxygen atoms in total. The largest absolute Gasteiger partial charge is 0.442 e. The second-order valence-corrected chi connectivity index (χ2v) is 9.90. The first-order valence-electron chi connectivity index (χ1n) is 5.71. The highest BCUT2D eigenvalue weighted by Gasteiger charge is 2.54. The molecule has 1 unspecified atom stereocenters. The van der Waals surface area contributed by atoms with E-state index in [-0.39, 0.29) is 0 Å². The van der Waals surface area contributed by atoms with Gasteiger partial charge in [0.25, 0.3) is 0 Å². The van der Waals surface area contributed by atoms with Crippen molar-refractivity contribution in [2.45, 2.75) is 37.1 Å². The Morgan fingerprint density at radius 2 is 1.94 bits per heavy atom. The molecule has 0 spiro atoms. The molecule has 0 saturated carbocycles. The first kappa shape index (κ1) is 14.0. The summed E-state index contributed by atoms with van der Waals surface area (Å²) in [6, 6.07) is 5.43. The summed E-state index contributed by atoms with van der Waals surface area (Å²) < 4.78 is 40.0. The molecule has 5 heteroatoms. The zero-order valence-corrected chi connectivity index (χ0v) is 12.5. The zero-order chi connectivity index (χ0) is 13.6. The van der Waals surface area contributed by atoms with Crippen LogP contribution in [0.1, 0.15) is 31.4 Å². The van der Waals surface area contributed by atoms with Gasteiger partial charge in [-0.15, -0.1) is 0 Å². The predicted octanol–water partition coefficient (Wildman–Crippen LogP) is 6.01. The van der Waals surface area contributed by atoms with Crippen LogP contribution in [0.15, 0.2) is 28.0 Å². The maximum atomic E-state index is 13.3. The van der Waals surface area contributed by atoms with Gasteiger partial charge >= 0.3 is 5.51 Å². The van der Waals surface area contributed by atoms with E-state index in [2.05, 4.69) is 14.8 Å². The Labute approximate surface area is 114 Å². The van der Waals surface area contributed by atoms with E-state index >= 15 is 0 Å². The van der Waals surface area contributed by atoms with Crippen molar-refractivity contribution in [2.24, 2.45) is 0 Å². The van der Waals surface area contributed by atoms with Crippen LogP contribution in [0.4, 0.5) is 13.2 Å². The van der Waals surface area contributed by atoms with E-state index in [1.165, 1.54) is 0 Å². The second kappa shape index (κ2) is 4.60. The fourth-order valence-electron chi connectivity index (χ4n) is 2.17. The lowest BCUT2D eigenvalue weighted by molar-refractivity contribution is -0.0355. The average molecular weight is 339 g/mol. The van der Waals surface area contributed by atoms with E-state index < -0.39 is 14.0 Å². The van der Waals surface area contributed by atoms with Crippen molar-refractivity contribution in [1.82, 2.24) is 0 Å². The molecule has 0 radical (unpaired) electrons. The van der Waals surface area contributed by atoms with Crippen molar-refractivity contribution in [2.75, 3.05) is 0 Å². The van der Waals surface area contributed by atoms with Gasteiger partial charge in [-0.25, -0.2) is 0 Å². The summed E-state index contributed by atoms with van der Waals surface area (Å²) in [4.78, 5) is 0.775. The minimum atomic E-state index is -4.25. The van der Waals surface area contributed by atoms with Crippen molar-refractivity contribution in [3.8, 4) is 0 Å². The maximum absolute atomic E-state index is 13.3. The van der Waals surface area contributed by atoms with E-state index in [1.807, 2.05) is 13.0 Å². The van der Waals surface area contributed by atoms with Gasteiger partial charge in [-0.05, 0) is 64.8 Å². The van der Waals surface area contributed by atoms with Gasteiger partial charge in [0, 0.05) is 4.90 Å². The fourth-order valence-corrected chi connectivity index (χ4v) is 5.30. The van der Waals surface area contributed by atoms with Crippen LogP contribution in [0, 0.1) is 0 Å². The Morgan fingerprint density at radius 1 is 1.28 bits per heavy atom. The highest BCUT2D eigenvalue weighted by molar-refractivity contribution is 9.59. The molecule has 0 bridgehead atoms. The van der Waals surface area contributed by atoms with Gasteiger partial charge in [-0.1, -0.05) is 25.5 Å². The van der Waals surface area contributed by atoms with Crippen LogP contribution in [0.25, 0.3) is 6.08 Å². The number of benzene rings is 1. The molecule has 0 aromatic heterocycles. The number of hydrogen-bond donors (Lipinski definition) is 0. The molecule has 0 saturated heterocycles. The van der Waals surface area contributed by atoms with Gasteiger partial charge in [0.1, 0.15) is 0 Å². The molecule has 0 amide bonds. The van der Waals surface area contributed by atoms with E-state index in [0.717, 1.165) is 18.4 Å². The average Bonchev–Trinajstić information content (AvgIpc) is 2.53. The third kappa shape index (κ3) is 2.01. The molecule has 100 valence electrons. The molecular weight excluding hydrogens is 325 g/mol. The lowest BCUT2D eigenvalue weighted by atomic mass is 10.1. The summed E-state index contributed by atoms with van der Waals surface area (Å²) in [5.74, 6) is 0. The Hall–Kier alpha value is -0.420. The second-order valence-electron chi connectivity index (χ2n) is 4.36. The van der Waals surface area contributed by atoms with Crippen molar-refractivity contribution in [3.05, 3.63) is 34.2 Å². The van der Waals surface area contributed by atoms with E-state index in [4.69, 9.17) is 0 Å². The number of hydrogen-bond acceptors (Lipinski definition) is 0. The lowest BCUT2D eigenvalue weighted by Crippen LogP contribution is -2.15. The third-order valence-electron chi connectivity index (χ3n) is 3.04. The molecule has 2 rings (SSSR count). The van der Waals surface area contributed by atoms with Gasteiger partial charge in [0.05, 0.1) is 0 Å². The van der Waals surface area contributed by atoms with Crippen molar-refractivity contribution < 1.29 is 13.2 Å². The molecule has 1 aliphatic heterocycles. The number of aryl methyl sites for hydroxylation is 1. The molecule has 1 aliphatic rings. The summed E-state index contributed by atoms with van der Waals surface area (Å²) in [6.45, 7) is 3.58. The minimum Gasteiger partial charge on any atom is -0.160 e. The lowest BCUT2D eigenvalue weighted by Gasteiger charge is -2.33. The third-order valence-corrected chi connectivity index (χ3v) is 9.32. The summed E-state index contributed by atoms with van der Waals surface area (Å²) in [5.41, 5.74) is -2.58. The summed E-state index contributed by atoms with van der Waals surface area (Å²) in [7, 11) is -3.03. The predicted molar refractivity (Wildman–Crippen MR) is 74.9 cm³/mol. The fraction of sp³-hybridized carbons (Fsp3) is 0.385. The highest BCUT2D eigenvalue weighted by atomic mass is 79.9. The molecule has 1 atom stereocenters. The summed E-state index contributed by atoms with van der Waals surface area (Å²) in [6.07, 6.45) is 3.39. The number of halogens is 4. The first-order chi connectivity index (χ1) is 8.30. The quantitative estimate of drug-likeness (QED) is 0.619. The van der Waals surface area contributed by atoms with Crippen LogP contribution < -0.4 is 0 Å². The maximum Gasteiger partial charge on any atom is 0.442 e. The van der Waals surface area contributed by atoms with E-state index in [0.29, 0.717) is 15.4 Å². The van der Waals surface area contributed by atoms with Gasteiger partial charge in [0.2, 0.25) is 0 Å². The Morgan fingerprint density at radius 3 is 2.50 bits per heavy atom. The zero-order valence-electron chi connectivity index (χ0n) is 10.1. The van der Waals surface area contributed by atoms with Crippen LogP contribution in [0.2, 0.25) is 0 Å². The van der Waals surface area contributed by atoms with Gasteiger partial charge in [-0.2, -0.15) is 13.2 Å². The number of allylic oxidation sites excluding steroid dienone is 1. The van der Waals surface area contributed by atoms with Crippen molar-refractivity contribution in [1.29, 1.82) is 0 Å². The molecule has 0 fully saturated rings. The molecular formula is C13H14BrF3S. The smallest absolute Gasteiger partial charge is 0.160 e. The van der Waals surface area contributed by atoms with Gasteiger partial charge in [-0.3, -0.25) is 0 Å². The van der Waals surface area contributed by atoms with Crippen molar-refractivity contribution >= 4 is 29.4 Å². The molecule has 18 heavy (non-hydrogen) atoms. The standard InChI is InChI=1S/C13H14BrF3S/c1-3-4-10-5-6-11-7-9(2)18(14,12(11)8-10)13(15,16)17/h5-8H,3-4H2,1-2H3. The van der Waals surface area contributed by atoms with Crippen LogP contribution in [0.3, 0.4) is 0 Å². The SMILES string of the molecule is CCCc1ccc2c(c1)S(Br)(C(F)(F)F)C(C)=C2. The summed E-state index contributed by atoms with van der Waals surface area (Å²) >= 11 is 3.01.